The highest BCUT2D eigenvalue weighted by atomic mass is 19.4. The average molecular weight is 281 g/mol. The summed E-state index contributed by atoms with van der Waals surface area (Å²) in [6.07, 6.45) is -1.02. The molecule has 106 valence electrons. The Morgan fingerprint density at radius 1 is 1.05 bits per heavy atom. The lowest BCUT2D eigenvalue weighted by Gasteiger charge is -2.23. The molecule has 0 radical (unpaired) electrons. The van der Waals surface area contributed by atoms with E-state index in [0.29, 0.717) is 24.4 Å². The van der Waals surface area contributed by atoms with Crippen molar-refractivity contribution in [3.63, 3.8) is 0 Å². The summed E-state index contributed by atoms with van der Waals surface area (Å²) >= 11 is 0. The Labute approximate surface area is 114 Å². The standard InChI is InChI=1S/C15H14F3NO/c16-15(17,18)12-10-11(14-4-3-9-20-14)5-6-13(12)19-7-1-2-8-19/h3-6,9-10H,1-2,7-8H2. The third kappa shape index (κ3) is 2.40. The third-order valence-corrected chi connectivity index (χ3v) is 3.55. The molecule has 1 aliphatic rings. The van der Waals surface area contributed by atoms with Gasteiger partial charge in [0.25, 0.3) is 0 Å². The fourth-order valence-corrected chi connectivity index (χ4v) is 2.59. The second-order valence-electron chi connectivity index (χ2n) is 4.90. The van der Waals surface area contributed by atoms with E-state index < -0.39 is 11.7 Å². The van der Waals surface area contributed by atoms with E-state index in [1.54, 1.807) is 29.2 Å². The zero-order valence-electron chi connectivity index (χ0n) is 10.8. The van der Waals surface area contributed by atoms with Crippen LogP contribution in [0.1, 0.15) is 18.4 Å². The molecule has 0 aliphatic carbocycles. The van der Waals surface area contributed by atoms with Gasteiger partial charge in [0.1, 0.15) is 5.76 Å². The molecule has 1 aromatic heterocycles. The van der Waals surface area contributed by atoms with Crippen molar-refractivity contribution in [3.05, 3.63) is 42.2 Å². The molecule has 1 fully saturated rings. The summed E-state index contributed by atoms with van der Waals surface area (Å²) < 4.78 is 45.0. The maximum Gasteiger partial charge on any atom is 0.418 e. The number of hydrogen-bond acceptors (Lipinski definition) is 2. The molecular formula is C15H14F3NO. The van der Waals surface area contributed by atoms with E-state index in [0.717, 1.165) is 12.8 Å². The number of rotatable bonds is 2. The first kappa shape index (κ1) is 13.1. The summed E-state index contributed by atoms with van der Waals surface area (Å²) in [7, 11) is 0. The van der Waals surface area contributed by atoms with E-state index in [1.165, 1.54) is 12.3 Å². The number of hydrogen-bond donors (Lipinski definition) is 0. The summed E-state index contributed by atoms with van der Waals surface area (Å²) in [5.74, 6) is 0.448. The predicted octanol–water partition coefficient (Wildman–Crippen LogP) is 4.57. The molecule has 20 heavy (non-hydrogen) atoms. The second-order valence-corrected chi connectivity index (χ2v) is 4.90. The number of alkyl halides is 3. The molecule has 3 rings (SSSR count). The van der Waals surface area contributed by atoms with E-state index >= 15 is 0 Å². The minimum Gasteiger partial charge on any atom is -0.464 e. The smallest absolute Gasteiger partial charge is 0.418 e. The van der Waals surface area contributed by atoms with Crippen molar-refractivity contribution in [2.75, 3.05) is 18.0 Å². The van der Waals surface area contributed by atoms with Crippen LogP contribution >= 0.6 is 0 Å². The monoisotopic (exact) mass is 281 g/mol. The summed E-state index contributed by atoms with van der Waals surface area (Å²) in [4.78, 5) is 1.80. The normalized spacial score (nSPS) is 15.8. The lowest BCUT2D eigenvalue weighted by Crippen LogP contribution is -2.22. The molecule has 0 atom stereocenters. The maximum absolute atomic E-state index is 13.3. The molecule has 1 saturated heterocycles. The van der Waals surface area contributed by atoms with Gasteiger partial charge in [-0.1, -0.05) is 0 Å². The average Bonchev–Trinajstić information content (AvgIpc) is 3.10. The van der Waals surface area contributed by atoms with Crippen LogP contribution in [0.25, 0.3) is 11.3 Å². The molecule has 2 heterocycles. The van der Waals surface area contributed by atoms with Crippen LogP contribution < -0.4 is 4.90 Å². The first-order valence-electron chi connectivity index (χ1n) is 6.56. The van der Waals surface area contributed by atoms with Gasteiger partial charge in [0.2, 0.25) is 0 Å². The van der Waals surface area contributed by atoms with Crippen molar-refractivity contribution < 1.29 is 17.6 Å². The molecule has 2 aromatic rings. The van der Waals surface area contributed by atoms with Crippen LogP contribution in [-0.2, 0) is 6.18 Å². The molecule has 0 unspecified atom stereocenters. The molecule has 1 aliphatic heterocycles. The van der Waals surface area contributed by atoms with Gasteiger partial charge in [-0.05, 0) is 43.2 Å². The highest BCUT2D eigenvalue weighted by Gasteiger charge is 2.35. The lowest BCUT2D eigenvalue weighted by atomic mass is 10.1. The number of anilines is 1. The fraction of sp³-hybridized carbons (Fsp3) is 0.333. The molecule has 0 spiro atoms. The van der Waals surface area contributed by atoms with E-state index in [4.69, 9.17) is 4.42 Å². The van der Waals surface area contributed by atoms with Gasteiger partial charge in [-0.2, -0.15) is 13.2 Å². The number of nitrogens with zero attached hydrogens (tertiary/aromatic N) is 1. The van der Waals surface area contributed by atoms with Gasteiger partial charge >= 0.3 is 6.18 Å². The van der Waals surface area contributed by atoms with Crippen LogP contribution in [0.3, 0.4) is 0 Å². The van der Waals surface area contributed by atoms with Crippen molar-refractivity contribution >= 4 is 5.69 Å². The Bertz CT molecular complexity index is 584. The minimum absolute atomic E-state index is 0.269. The van der Waals surface area contributed by atoms with Crippen molar-refractivity contribution in [2.24, 2.45) is 0 Å². The lowest BCUT2D eigenvalue weighted by molar-refractivity contribution is -0.137. The van der Waals surface area contributed by atoms with Crippen LogP contribution in [0.2, 0.25) is 0 Å². The molecule has 0 bridgehead atoms. The maximum atomic E-state index is 13.3. The topological polar surface area (TPSA) is 16.4 Å². The van der Waals surface area contributed by atoms with Crippen molar-refractivity contribution in [2.45, 2.75) is 19.0 Å². The highest BCUT2D eigenvalue weighted by Crippen LogP contribution is 2.40. The van der Waals surface area contributed by atoms with Crippen LogP contribution in [-0.4, -0.2) is 13.1 Å². The molecule has 2 nitrogen and oxygen atoms in total. The summed E-state index contributed by atoms with van der Waals surface area (Å²) in [5.41, 5.74) is 0.129. The summed E-state index contributed by atoms with van der Waals surface area (Å²) in [5, 5.41) is 0. The van der Waals surface area contributed by atoms with E-state index in [2.05, 4.69) is 0 Å². The first-order chi connectivity index (χ1) is 9.55. The van der Waals surface area contributed by atoms with Gasteiger partial charge in [-0.15, -0.1) is 0 Å². The van der Waals surface area contributed by atoms with Crippen molar-refractivity contribution in [1.29, 1.82) is 0 Å². The molecule has 0 N–H and O–H groups in total. The summed E-state index contributed by atoms with van der Waals surface area (Å²) in [6, 6.07) is 7.72. The van der Waals surface area contributed by atoms with Crippen LogP contribution in [0.4, 0.5) is 18.9 Å². The molecular weight excluding hydrogens is 267 g/mol. The van der Waals surface area contributed by atoms with Gasteiger partial charge < -0.3 is 9.32 Å². The van der Waals surface area contributed by atoms with Gasteiger partial charge in [0, 0.05) is 24.3 Å². The van der Waals surface area contributed by atoms with Gasteiger partial charge in [-0.3, -0.25) is 0 Å². The van der Waals surface area contributed by atoms with E-state index in [-0.39, 0.29) is 5.69 Å². The third-order valence-electron chi connectivity index (χ3n) is 3.55. The SMILES string of the molecule is FC(F)(F)c1cc(-c2ccco2)ccc1N1CCCC1. The van der Waals surface area contributed by atoms with E-state index in [1.807, 2.05) is 0 Å². The molecule has 1 aromatic carbocycles. The number of benzene rings is 1. The van der Waals surface area contributed by atoms with Crippen LogP contribution in [0, 0.1) is 0 Å². The molecule has 0 saturated carbocycles. The Balaban J connectivity index is 2.07. The quantitative estimate of drug-likeness (QED) is 0.802. The summed E-state index contributed by atoms with van der Waals surface area (Å²) in [6.45, 7) is 1.37. The number of furan rings is 1. The first-order valence-corrected chi connectivity index (χ1v) is 6.56. The largest absolute Gasteiger partial charge is 0.464 e. The van der Waals surface area contributed by atoms with Gasteiger partial charge in [-0.25, -0.2) is 0 Å². The van der Waals surface area contributed by atoms with Crippen LogP contribution in [0.5, 0.6) is 0 Å². The zero-order chi connectivity index (χ0) is 14.2. The Morgan fingerprint density at radius 3 is 2.40 bits per heavy atom. The van der Waals surface area contributed by atoms with Crippen LogP contribution in [0.15, 0.2) is 41.0 Å². The Kier molecular flexibility index (Phi) is 3.20. The Hall–Kier alpha value is -1.91. The highest BCUT2D eigenvalue weighted by molar-refractivity contribution is 5.66. The molecule has 0 amide bonds. The minimum atomic E-state index is -4.36. The number of halogens is 3. The van der Waals surface area contributed by atoms with Crippen molar-refractivity contribution in [1.82, 2.24) is 0 Å². The second kappa shape index (κ2) is 4.89. The fourth-order valence-electron chi connectivity index (χ4n) is 2.59. The van der Waals surface area contributed by atoms with E-state index in [9.17, 15) is 13.2 Å². The van der Waals surface area contributed by atoms with Crippen molar-refractivity contribution in [3.8, 4) is 11.3 Å². The Morgan fingerprint density at radius 2 is 1.80 bits per heavy atom. The zero-order valence-corrected chi connectivity index (χ0v) is 10.8. The predicted molar refractivity (Wildman–Crippen MR) is 70.6 cm³/mol. The van der Waals surface area contributed by atoms with Gasteiger partial charge in [0.15, 0.2) is 0 Å². The van der Waals surface area contributed by atoms with Gasteiger partial charge in [0.05, 0.1) is 11.8 Å². The molecule has 5 heteroatoms.